The van der Waals surface area contributed by atoms with Gasteiger partial charge in [0.25, 0.3) is 0 Å². The number of phenols is 1. The normalized spacial score (nSPS) is 12.0. The van der Waals surface area contributed by atoms with Crippen LogP contribution in [0, 0.1) is 0 Å². The highest BCUT2D eigenvalue weighted by Crippen LogP contribution is 2.43. The second kappa shape index (κ2) is 28.1. The highest BCUT2D eigenvalue weighted by atomic mass is 16.3. The lowest BCUT2D eigenvalue weighted by Gasteiger charge is -2.33. The second-order valence-corrected chi connectivity index (χ2v) is 20.1. The third kappa shape index (κ3) is 17.2. The van der Waals surface area contributed by atoms with E-state index >= 15 is 0 Å². The summed E-state index contributed by atoms with van der Waals surface area (Å²) in [5, 5.41) is 21.8. The lowest BCUT2D eigenvalue weighted by Crippen LogP contribution is -2.25. The van der Waals surface area contributed by atoms with Crippen molar-refractivity contribution in [3.63, 3.8) is 0 Å². The van der Waals surface area contributed by atoms with Gasteiger partial charge in [-0.1, -0.05) is 245 Å². The smallest absolute Gasteiger partial charge is 0.124 e. The molecule has 6 aromatic rings. The molecule has 71 heavy (non-hydrogen) atoms. The average molecular weight is 949 g/mol. The van der Waals surface area contributed by atoms with Gasteiger partial charge in [0.2, 0.25) is 0 Å². The van der Waals surface area contributed by atoms with Crippen LogP contribution in [-0.2, 0) is 28.2 Å². The van der Waals surface area contributed by atoms with Crippen LogP contribution in [0.2, 0.25) is 0 Å². The first-order valence-electron chi connectivity index (χ1n) is 24.8. The van der Waals surface area contributed by atoms with E-state index in [0.29, 0.717) is 24.5 Å². The van der Waals surface area contributed by atoms with E-state index in [4.69, 9.17) is 0 Å². The molecule has 6 aromatic carbocycles. The fourth-order valence-corrected chi connectivity index (χ4v) is 8.30. The van der Waals surface area contributed by atoms with E-state index in [0.717, 1.165) is 35.5 Å². The van der Waals surface area contributed by atoms with E-state index in [9.17, 15) is 10.2 Å². The van der Waals surface area contributed by atoms with Gasteiger partial charge in [0.05, 0.1) is 5.76 Å². The number of phenolic OH excluding ortho intramolecular Hbond substituents is 1. The molecule has 0 aliphatic carbocycles. The van der Waals surface area contributed by atoms with Gasteiger partial charge >= 0.3 is 0 Å². The molecule has 4 heteroatoms. The van der Waals surface area contributed by atoms with E-state index in [1.54, 1.807) is 0 Å². The summed E-state index contributed by atoms with van der Waals surface area (Å²) in [6.07, 6.45) is 12.7. The van der Waals surface area contributed by atoms with Gasteiger partial charge in [0.15, 0.2) is 0 Å². The Balaban J connectivity index is 0.000000307. The second-order valence-electron chi connectivity index (χ2n) is 20.1. The Morgan fingerprint density at radius 2 is 1.04 bits per heavy atom. The van der Waals surface area contributed by atoms with Crippen LogP contribution in [-0.4, -0.2) is 42.3 Å². The summed E-state index contributed by atoms with van der Waals surface area (Å²) in [5.74, 6) is 0.836. The van der Waals surface area contributed by atoms with Crippen molar-refractivity contribution in [1.29, 1.82) is 0 Å². The Kier molecular flexibility index (Phi) is 23.1. The number of rotatable bonds is 18. The maximum Gasteiger partial charge on any atom is 0.124 e. The molecular weight excluding hydrogens is 865 g/mol. The van der Waals surface area contributed by atoms with E-state index in [-0.39, 0.29) is 21.7 Å². The zero-order valence-corrected chi connectivity index (χ0v) is 45.0. The molecule has 0 aliphatic heterocycles. The number of aliphatic hydroxyl groups is 1. The molecule has 4 nitrogen and oxygen atoms in total. The van der Waals surface area contributed by atoms with Crippen molar-refractivity contribution in [2.24, 2.45) is 0 Å². The lowest BCUT2D eigenvalue weighted by atomic mass is 9.72. The number of aromatic hydroxyl groups is 1. The minimum atomic E-state index is -0.340. The number of nitrogens with zero attached hydrogens (tertiary/aromatic N) is 2. The number of para-hydroxylation sites is 1. The quantitative estimate of drug-likeness (QED) is 0.0512. The van der Waals surface area contributed by atoms with E-state index in [1.165, 1.54) is 27.8 Å². The monoisotopic (exact) mass is 949 g/mol. The molecule has 0 aliphatic rings. The summed E-state index contributed by atoms with van der Waals surface area (Å²) in [6, 6.07) is 56.3. The maximum absolute atomic E-state index is 11.5. The summed E-state index contributed by atoms with van der Waals surface area (Å²) in [6.45, 7) is 35.5. The van der Waals surface area contributed by atoms with Crippen molar-refractivity contribution in [2.45, 2.75) is 96.9 Å². The highest BCUT2D eigenvalue weighted by molar-refractivity contribution is 5.54. The van der Waals surface area contributed by atoms with Gasteiger partial charge in [-0.3, -0.25) is 4.90 Å². The summed E-state index contributed by atoms with van der Waals surface area (Å²) >= 11 is 0. The Hall–Kier alpha value is -6.88. The molecule has 0 heterocycles. The predicted octanol–water partition coefficient (Wildman–Crippen LogP) is 17.0. The molecule has 0 fully saturated rings. The molecule has 0 atom stereocenters. The molecular formula is C67H84N2O2. The molecule has 6 rings (SSSR count). The van der Waals surface area contributed by atoms with Crippen molar-refractivity contribution >= 4 is 5.69 Å². The SMILES string of the molecule is C/C=C\C=C/CN(C)Cc1cc(C(C)(C)c2ccccc2)cc(C(C)(C)c2ccccc2)c1O.C=C.C=CC(=C)C(C)(C)c1ccccc1.CN(CC/C(O)=C/C(C)(C)c1ccccc1)c1ccccc1. The number of allylic oxidation sites excluding steroid dienone is 6. The van der Waals surface area contributed by atoms with E-state index in [1.807, 2.05) is 98.9 Å². The summed E-state index contributed by atoms with van der Waals surface area (Å²) < 4.78 is 0. The molecule has 0 aromatic heterocycles. The number of hydrogen-bond donors (Lipinski definition) is 2. The zero-order chi connectivity index (χ0) is 52.7. The molecule has 0 amide bonds. The fourth-order valence-electron chi connectivity index (χ4n) is 8.30. The predicted molar refractivity (Wildman–Crippen MR) is 310 cm³/mol. The minimum absolute atomic E-state index is 0.0109. The first kappa shape index (κ1) is 58.4. The van der Waals surface area contributed by atoms with E-state index < -0.39 is 0 Å². The number of likely N-dealkylation sites (N-methyl/N-ethyl adjacent to an activating group) is 1. The Bertz CT molecular complexity index is 2590. The molecule has 0 bridgehead atoms. The van der Waals surface area contributed by atoms with Gasteiger partial charge in [-0.05, 0) is 71.6 Å². The van der Waals surface area contributed by atoms with Crippen LogP contribution in [0.4, 0.5) is 5.69 Å². The standard InChI is InChI=1S/C32H39NO.C20H25NO.C13H16.C2H4/c1-7-8-9-16-21-33(6)24-25-22-28(31(2,3)26-17-12-10-13-18-26)23-29(30(25)34)32(4,5)27-19-14-11-15-20-27;1-20(2,17-10-6-4-7-11-17)16-19(22)14-15-21(3)18-12-8-5-9-13-18;1-5-11(2)13(3,4)12-9-7-6-8-10-12;1-2/h7-20,22-23,34H,21,24H2,1-6H3;4-13,16,22H,14-15H2,1-3H3;5-10H,1-2H2,3-4H3;1-2H2/b8-7-,16-9-;19-16-;;. The molecule has 374 valence electrons. The number of hydrogen-bond acceptors (Lipinski definition) is 4. The summed E-state index contributed by atoms with van der Waals surface area (Å²) in [7, 11) is 4.14. The number of anilines is 1. The van der Waals surface area contributed by atoms with Gasteiger partial charge in [0.1, 0.15) is 5.75 Å². The number of aliphatic hydroxyl groups excluding tert-OH is 1. The maximum atomic E-state index is 11.5. The summed E-state index contributed by atoms with van der Waals surface area (Å²) in [4.78, 5) is 4.38. The molecule has 0 spiro atoms. The van der Waals surface area contributed by atoms with Gasteiger partial charge in [-0.15, -0.1) is 13.2 Å². The average Bonchev–Trinajstić information content (AvgIpc) is 3.39. The molecule has 0 unspecified atom stereocenters. The first-order chi connectivity index (χ1) is 33.7. The van der Waals surface area contributed by atoms with Gasteiger partial charge in [-0.2, -0.15) is 0 Å². The van der Waals surface area contributed by atoms with Crippen LogP contribution in [0.1, 0.15) is 108 Å². The zero-order valence-electron chi connectivity index (χ0n) is 45.0. The Morgan fingerprint density at radius 1 is 0.592 bits per heavy atom. The minimum Gasteiger partial charge on any atom is -0.513 e. The highest BCUT2D eigenvalue weighted by Gasteiger charge is 2.32. The van der Waals surface area contributed by atoms with Crippen molar-refractivity contribution in [3.8, 4) is 5.75 Å². The number of benzene rings is 6. The molecule has 0 saturated heterocycles. The van der Waals surface area contributed by atoms with Gasteiger partial charge in [-0.25, -0.2) is 0 Å². The van der Waals surface area contributed by atoms with Crippen LogP contribution < -0.4 is 4.90 Å². The van der Waals surface area contributed by atoms with Crippen LogP contribution in [0.15, 0.2) is 238 Å². The topological polar surface area (TPSA) is 46.9 Å². The van der Waals surface area contributed by atoms with Crippen molar-refractivity contribution in [3.05, 3.63) is 277 Å². The first-order valence-corrected chi connectivity index (χ1v) is 24.8. The third-order valence-corrected chi connectivity index (χ3v) is 13.4. The third-order valence-electron chi connectivity index (χ3n) is 13.4. The molecule has 0 saturated carbocycles. The van der Waals surface area contributed by atoms with Crippen LogP contribution in [0.5, 0.6) is 5.75 Å². The largest absolute Gasteiger partial charge is 0.513 e. The fraction of sp³-hybridized carbons (Fsp3) is 0.284. The Morgan fingerprint density at radius 3 is 1.52 bits per heavy atom. The van der Waals surface area contributed by atoms with Crippen molar-refractivity contribution in [1.82, 2.24) is 4.90 Å². The molecule has 2 N–H and O–H groups in total. The van der Waals surface area contributed by atoms with Gasteiger partial charge < -0.3 is 15.1 Å². The van der Waals surface area contributed by atoms with Crippen LogP contribution in [0.3, 0.4) is 0 Å². The lowest BCUT2D eigenvalue weighted by molar-refractivity contribution is 0.350. The van der Waals surface area contributed by atoms with Gasteiger partial charge in [0, 0.05) is 71.6 Å². The Labute approximate surface area is 430 Å². The van der Waals surface area contributed by atoms with Crippen molar-refractivity contribution < 1.29 is 10.2 Å². The van der Waals surface area contributed by atoms with Crippen molar-refractivity contribution in [2.75, 3.05) is 32.1 Å². The molecule has 0 radical (unpaired) electrons. The summed E-state index contributed by atoms with van der Waals surface area (Å²) in [5.41, 5.74) is 9.57. The van der Waals surface area contributed by atoms with Crippen LogP contribution in [0.25, 0.3) is 0 Å². The van der Waals surface area contributed by atoms with E-state index in [2.05, 4.69) is 214 Å². The van der Waals surface area contributed by atoms with Crippen LogP contribution >= 0.6 is 0 Å².